The number of amides is 1. The monoisotopic (exact) mass is 675 g/mol. The van der Waals surface area contributed by atoms with Crippen LogP contribution in [0.1, 0.15) is 97.1 Å². The van der Waals surface area contributed by atoms with Crippen LogP contribution in [0.25, 0.3) is 0 Å². The number of rotatable bonds is 7. The molecule has 2 N–H and O–H groups in total. The lowest BCUT2D eigenvalue weighted by Gasteiger charge is -2.40. The number of Topliss-reactive ketones (excluding diaryl/α,β-unsaturated/α-hetero) is 2. The van der Waals surface area contributed by atoms with Crippen molar-refractivity contribution in [3.8, 4) is 0 Å². The molecule has 0 aromatic carbocycles. The van der Waals surface area contributed by atoms with Crippen molar-refractivity contribution in [3.63, 3.8) is 0 Å². The molecule has 2 fully saturated rings. The summed E-state index contributed by atoms with van der Waals surface area (Å²) in [4.78, 5) is 48.6. The van der Waals surface area contributed by atoms with E-state index < -0.39 is 47.3 Å². The maximum absolute atomic E-state index is 13.5. The predicted molar refractivity (Wildman–Crippen MR) is 192 cm³/mol. The molecule has 0 radical (unpaired) electrons. The standard InChI is InChI=1S/C40H57N3O6/c1-29(34-18-12-13-23-41-34)14-8-7-9-15-30(2)37-31(3)19-20-36(40(4,48)22-21-33(44)28-35(45)38(37)46)49-39(47)43-26-24-42(25-27-43)32-16-10-5-6-11-17-32/h7-9,12-15,18-20,23,29,31-33,36-37,44,48H,5-6,10-11,16-17,21-22,24-28H2,1-4H3/b9-7+,14-8+,20-19+,30-15+/t29-,31-,33-,36-,37+,40-/m0/s1. The van der Waals surface area contributed by atoms with E-state index >= 15 is 0 Å². The number of carbonyl (C=O) groups is 3. The molecule has 9 nitrogen and oxygen atoms in total. The number of aliphatic hydroxyl groups is 2. The smallest absolute Gasteiger partial charge is 0.410 e. The molecule has 2 heterocycles. The molecule has 1 saturated carbocycles. The van der Waals surface area contributed by atoms with Gasteiger partial charge < -0.3 is 19.8 Å². The van der Waals surface area contributed by atoms with Gasteiger partial charge in [-0.3, -0.25) is 19.5 Å². The van der Waals surface area contributed by atoms with Crippen molar-refractivity contribution in [3.05, 3.63) is 78.2 Å². The summed E-state index contributed by atoms with van der Waals surface area (Å²) in [5.41, 5.74) is 0.161. The van der Waals surface area contributed by atoms with Crippen molar-refractivity contribution >= 4 is 17.7 Å². The Hall–Kier alpha value is -3.40. The highest BCUT2D eigenvalue weighted by Crippen LogP contribution is 2.30. The van der Waals surface area contributed by atoms with Gasteiger partial charge in [0.15, 0.2) is 6.10 Å². The molecule has 1 aromatic heterocycles. The summed E-state index contributed by atoms with van der Waals surface area (Å²) in [7, 11) is 0. The van der Waals surface area contributed by atoms with Crippen LogP contribution in [0.5, 0.6) is 0 Å². The number of pyridine rings is 1. The van der Waals surface area contributed by atoms with Crippen LogP contribution in [-0.2, 0) is 14.3 Å². The Balaban J connectivity index is 1.46. The van der Waals surface area contributed by atoms with Gasteiger partial charge in [0, 0.05) is 56.5 Å². The Kier molecular flexibility index (Phi) is 14.5. The third kappa shape index (κ3) is 11.3. The van der Waals surface area contributed by atoms with Gasteiger partial charge in [0.05, 0.1) is 12.0 Å². The number of aliphatic hydroxyl groups excluding tert-OH is 1. The SMILES string of the molecule is C\C(=C/C=C/C=C/[C@H](C)c1ccccn1)[C@H]1C(=O)C(=O)C[C@@H](O)CC[C@](C)(O)[C@@H](OC(=O)N2CCN(C3CCCCCC3)CC2)/C=C/[C@@H]1C. The zero-order chi connectivity index (χ0) is 35.4. The number of ether oxygens (including phenoxy) is 1. The van der Waals surface area contributed by atoms with Crippen molar-refractivity contribution in [2.24, 2.45) is 11.8 Å². The number of hydrogen-bond acceptors (Lipinski definition) is 8. The third-order valence-electron chi connectivity index (χ3n) is 10.5. The molecule has 2 aliphatic carbocycles. The Bertz CT molecular complexity index is 1350. The summed E-state index contributed by atoms with van der Waals surface area (Å²) in [6.45, 7) is 10.0. The Labute approximate surface area is 292 Å². The maximum Gasteiger partial charge on any atom is 0.410 e. The summed E-state index contributed by atoms with van der Waals surface area (Å²) < 4.78 is 5.98. The molecule has 268 valence electrons. The Morgan fingerprint density at radius 1 is 1.02 bits per heavy atom. The van der Waals surface area contributed by atoms with Gasteiger partial charge in [0.2, 0.25) is 11.6 Å². The predicted octanol–water partition coefficient (Wildman–Crippen LogP) is 6.33. The highest BCUT2D eigenvalue weighted by Gasteiger charge is 2.38. The summed E-state index contributed by atoms with van der Waals surface area (Å²) in [5, 5.41) is 22.2. The molecule has 0 spiro atoms. The Morgan fingerprint density at radius 3 is 2.41 bits per heavy atom. The zero-order valence-electron chi connectivity index (χ0n) is 29.9. The van der Waals surface area contributed by atoms with Crippen LogP contribution in [0.15, 0.2) is 72.5 Å². The van der Waals surface area contributed by atoms with Crippen LogP contribution in [0.2, 0.25) is 0 Å². The number of ketones is 2. The van der Waals surface area contributed by atoms with Crippen molar-refractivity contribution in [1.82, 2.24) is 14.8 Å². The Morgan fingerprint density at radius 2 is 1.73 bits per heavy atom. The quantitative estimate of drug-likeness (QED) is 0.149. The number of hydrogen-bond donors (Lipinski definition) is 2. The van der Waals surface area contributed by atoms with E-state index in [9.17, 15) is 24.6 Å². The highest BCUT2D eigenvalue weighted by atomic mass is 16.6. The van der Waals surface area contributed by atoms with Gasteiger partial charge in [-0.2, -0.15) is 0 Å². The van der Waals surface area contributed by atoms with Crippen LogP contribution in [0, 0.1) is 11.8 Å². The molecule has 1 saturated heterocycles. The van der Waals surface area contributed by atoms with Crippen LogP contribution in [-0.4, -0.2) is 92.7 Å². The number of allylic oxidation sites excluding steroid dienone is 7. The summed E-state index contributed by atoms with van der Waals surface area (Å²) in [6, 6.07) is 6.40. The largest absolute Gasteiger partial charge is 0.439 e. The topological polar surface area (TPSA) is 120 Å². The van der Waals surface area contributed by atoms with Gasteiger partial charge >= 0.3 is 6.09 Å². The lowest BCUT2D eigenvalue weighted by molar-refractivity contribution is -0.140. The minimum atomic E-state index is -1.50. The fraction of sp³-hybridized carbons (Fsp3) is 0.600. The average Bonchev–Trinajstić information content (AvgIpc) is 3.39. The van der Waals surface area contributed by atoms with Gasteiger partial charge in [-0.1, -0.05) is 87.6 Å². The van der Waals surface area contributed by atoms with E-state index in [-0.39, 0.29) is 25.2 Å². The third-order valence-corrected chi connectivity index (χ3v) is 10.5. The van der Waals surface area contributed by atoms with Gasteiger partial charge in [-0.25, -0.2) is 4.79 Å². The first kappa shape index (κ1) is 38.4. The summed E-state index contributed by atoms with van der Waals surface area (Å²) >= 11 is 0. The maximum atomic E-state index is 13.5. The van der Waals surface area contributed by atoms with E-state index in [1.165, 1.54) is 38.5 Å². The van der Waals surface area contributed by atoms with E-state index in [1.807, 2.05) is 62.4 Å². The van der Waals surface area contributed by atoms with Crippen molar-refractivity contribution < 1.29 is 29.3 Å². The molecule has 1 amide bonds. The molecular weight excluding hydrogens is 618 g/mol. The first-order chi connectivity index (χ1) is 23.5. The van der Waals surface area contributed by atoms with Gasteiger partial charge in [0.1, 0.15) is 5.60 Å². The molecule has 3 aliphatic rings. The zero-order valence-corrected chi connectivity index (χ0v) is 29.9. The first-order valence-corrected chi connectivity index (χ1v) is 18.2. The normalized spacial score (nSPS) is 30.5. The molecule has 1 aliphatic heterocycles. The van der Waals surface area contributed by atoms with E-state index in [0.29, 0.717) is 24.7 Å². The minimum absolute atomic E-state index is 0.0784. The van der Waals surface area contributed by atoms with E-state index in [4.69, 9.17) is 4.74 Å². The van der Waals surface area contributed by atoms with Gasteiger partial charge in [0.25, 0.3) is 0 Å². The first-order valence-electron chi connectivity index (χ1n) is 18.2. The number of piperazine rings is 1. The molecule has 1 aromatic rings. The van der Waals surface area contributed by atoms with E-state index in [0.717, 1.165) is 18.8 Å². The minimum Gasteiger partial charge on any atom is -0.439 e. The molecule has 0 bridgehead atoms. The van der Waals surface area contributed by atoms with Gasteiger partial charge in [-0.05, 0) is 63.7 Å². The second kappa shape index (κ2) is 18.6. The van der Waals surface area contributed by atoms with Gasteiger partial charge in [-0.15, -0.1) is 0 Å². The average molecular weight is 676 g/mol. The van der Waals surface area contributed by atoms with Crippen LogP contribution in [0.4, 0.5) is 4.79 Å². The summed E-state index contributed by atoms with van der Waals surface area (Å²) in [6.07, 6.45) is 19.5. The van der Waals surface area contributed by atoms with Crippen LogP contribution < -0.4 is 0 Å². The fourth-order valence-corrected chi connectivity index (χ4v) is 7.24. The van der Waals surface area contributed by atoms with Crippen molar-refractivity contribution in [1.29, 1.82) is 0 Å². The lowest BCUT2D eigenvalue weighted by Crippen LogP contribution is -2.53. The summed E-state index contributed by atoms with van der Waals surface area (Å²) in [5.74, 6) is -2.30. The van der Waals surface area contributed by atoms with Crippen LogP contribution >= 0.6 is 0 Å². The van der Waals surface area contributed by atoms with Crippen molar-refractivity contribution in [2.75, 3.05) is 26.2 Å². The number of aromatic nitrogens is 1. The molecule has 4 rings (SSSR count). The van der Waals surface area contributed by atoms with E-state index in [2.05, 4.69) is 16.8 Å². The van der Waals surface area contributed by atoms with Crippen molar-refractivity contribution in [2.45, 2.75) is 115 Å². The number of carbonyl (C=O) groups excluding carboxylic acids is 3. The molecule has 6 atom stereocenters. The second-order valence-electron chi connectivity index (χ2n) is 14.5. The van der Waals surface area contributed by atoms with E-state index in [1.54, 1.807) is 30.2 Å². The number of nitrogens with zero attached hydrogens (tertiary/aromatic N) is 3. The second-order valence-corrected chi connectivity index (χ2v) is 14.5. The molecule has 9 heteroatoms. The molecular formula is C40H57N3O6. The fourth-order valence-electron chi connectivity index (χ4n) is 7.24. The highest BCUT2D eigenvalue weighted by molar-refractivity contribution is 6.38. The molecule has 0 unspecified atom stereocenters. The molecule has 49 heavy (non-hydrogen) atoms. The lowest BCUT2D eigenvalue weighted by atomic mass is 9.79. The van der Waals surface area contributed by atoms with Crippen LogP contribution in [0.3, 0.4) is 0 Å².